The maximum atomic E-state index is 6.36. The first kappa shape index (κ1) is 17.7. The first-order valence-electron chi connectivity index (χ1n) is 9.95. The van der Waals surface area contributed by atoms with Gasteiger partial charge in [-0.3, -0.25) is 0 Å². The van der Waals surface area contributed by atoms with Crippen LogP contribution in [0.1, 0.15) is 27.7 Å². The van der Waals surface area contributed by atoms with Gasteiger partial charge in [-0.2, -0.15) is 0 Å². The molecule has 0 amide bonds. The molecular weight excluding hydrogens is 359 g/mol. The predicted molar refractivity (Wildman–Crippen MR) is 123 cm³/mol. The molecule has 2 unspecified atom stereocenters. The third kappa shape index (κ3) is 2.65. The number of rotatable bonds is 1. The minimum atomic E-state index is -0.441. The van der Waals surface area contributed by atoms with E-state index < -0.39 is 7.92 Å². The molecule has 28 heavy (non-hydrogen) atoms. The molecule has 0 saturated heterocycles. The lowest BCUT2D eigenvalue weighted by molar-refractivity contribution is 0.313. The summed E-state index contributed by atoms with van der Waals surface area (Å²) in [6.45, 7) is 9.30. The summed E-state index contributed by atoms with van der Waals surface area (Å²) in [5, 5.41) is 6.84. The van der Waals surface area contributed by atoms with Gasteiger partial charge in [0.2, 0.25) is 0 Å². The summed E-state index contributed by atoms with van der Waals surface area (Å²) in [4.78, 5) is 0. The standard InChI is InChI=1S/C26H25OP/c1-17-27-23-15-9-14-22(25(23)28(17)26(2,3)4)24-20-12-7-5-10-18(20)16-19-11-6-8-13-21(19)24/h5-17H,1-4H3. The van der Waals surface area contributed by atoms with Gasteiger partial charge in [-0.15, -0.1) is 0 Å². The zero-order chi connectivity index (χ0) is 19.5. The number of fused-ring (bicyclic) bond motifs is 3. The molecule has 0 aromatic heterocycles. The molecule has 0 bridgehead atoms. The Morgan fingerprint density at radius 1 is 0.786 bits per heavy atom. The van der Waals surface area contributed by atoms with Crippen LogP contribution in [0.25, 0.3) is 32.7 Å². The van der Waals surface area contributed by atoms with Gasteiger partial charge in [0, 0.05) is 5.30 Å². The molecule has 0 aliphatic carbocycles. The third-order valence-electron chi connectivity index (χ3n) is 5.66. The minimum Gasteiger partial charge on any atom is -0.485 e. The zero-order valence-electron chi connectivity index (χ0n) is 16.9. The Hall–Kier alpha value is -2.37. The lowest BCUT2D eigenvalue weighted by atomic mass is 9.92. The number of benzene rings is 4. The molecule has 140 valence electrons. The van der Waals surface area contributed by atoms with Gasteiger partial charge in [0.05, 0.1) is 0 Å². The van der Waals surface area contributed by atoms with E-state index in [0.717, 1.165) is 5.75 Å². The van der Waals surface area contributed by atoms with Crippen molar-refractivity contribution in [3.8, 4) is 16.9 Å². The summed E-state index contributed by atoms with van der Waals surface area (Å²) in [5.74, 6) is 1.32. The molecule has 0 spiro atoms. The van der Waals surface area contributed by atoms with Crippen LogP contribution in [-0.2, 0) is 0 Å². The van der Waals surface area contributed by atoms with Gasteiger partial charge in [-0.05, 0) is 64.8 Å². The van der Waals surface area contributed by atoms with Crippen molar-refractivity contribution < 1.29 is 4.74 Å². The fourth-order valence-electron chi connectivity index (χ4n) is 4.67. The highest BCUT2D eigenvalue weighted by molar-refractivity contribution is 7.68. The Labute approximate surface area is 168 Å². The Kier molecular flexibility index (Phi) is 4.00. The SMILES string of the molecule is CC1Oc2cccc(-c3c4ccccc4cc4ccccc34)c2P1C(C)(C)C. The smallest absolute Gasteiger partial charge is 0.128 e. The second-order valence-corrected chi connectivity index (χ2v) is 11.9. The van der Waals surface area contributed by atoms with Gasteiger partial charge < -0.3 is 4.74 Å². The normalized spacial score (nSPS) is 19.0. The van der Waals surface area contributed by atoms with Crippen molar-refractivity contribution in [2.75, 3.05) is 0 Å². The Balaban J connectivity index is 1.92. The summed E-state index contributed by atoms with van der Waals surface area (Å²) >= 11 is 0. The molecule has 5 rings (SSSR count). The summed E-state index contributed by atoms with van der Waals surface area (Å²) in [6, 6.07) is 26.4. The molecule has 0 N–H and O–H groups in total. The van der Waals surface area contributed by atoms with Crippen LogP contribution in [0.4, 0.5) is 0 Å². The first-order chi connectivity index (χ1) is 13.4. The van der Waals surface area contributed by atoms with E-state index in [1.54, 1.807) is 0 Å². The van der Waals surface area contributed by atoms with Gasteiger partial charge in [0.15, 0.2) is 0 Å². The van der Waals surface area contributed by atoms with Crippen LogP contribution in [0.5, 0.6) is 5.75 Å². The highest BCUT2D eigenvalue weighted by atomic mass is 31.1. The zero-order valence-corrected chi connectivity index (χ0v) is 17.8. The van der Waals surface area contributed by atoms with Crippen LogP contribution in [0.15, 0.2) is 72.8 Å². The number of hydrogen-bond acceptors (Lipinski definition) is 1. The lowest BCUT2D eigenvalue weighted by Gasteiger charge is -2.31. The second-order valence-electron chi connectivity index (χ2n) is 8.60. The molecule has 1 nitrogen and oxygen atoms in total. The van der Waals surface area contributed by atoms with Gasteiger partial charge in [-0.1, -0.05) is 81.4 Å². The van der Waals surface area contributed by atoms with Crippen LogP contribution < -0.4 is 10.0 Å². The highest BCUT2D eigenvalue weighted by Gasteiger charge is 2.41. The van der Waals surface area contributed by atoms with Crippen LogP contribution in [0.3, 0.4) is 0 Å². The van der Waals surface area contributed by atoms with Gasteiger partial charge in [0.25, 0.3) is 0 Å². The van der Waals surface area contributed by atoms with Gasteiger partial charge >= 0.3 is 0 Å². The Morgan fingerprint density at radius 3 is 2.00 bits per heavy atom. The van der Waals surface area contributed by atoms with Crippen molar-refractivity contribution in [2.45, 2.75) is 38.7 Å². The molecule has 4 aromatic rings. The van der Waals surface area contributed by atoms with E-state index in [1.165, 1.54) is 38.0 Å². The predicted octanol–water partition coefficient (Wildman–Crippen LogP) is 7.30. The Morgan fingerprint density at radius 2 is 1.39 bits per heavy atom. The van der Waals surface area contributed by atoms with Gasteiger partial charge in [0.1, 0.15) is 11.6 Å². The van der Waals surface area contributed by atoms with Crippen molar-refractivity contribution in [1.82, 2.24) is 0 Å². The molecule has 4 aromatic carbocycles. The fraction of sp³-hybridized carbons (Fsp3) is 0.231. The van der Waals surface area contributed by atoms with Crippen molar-refractivity contribution in [3.63, 3.8) is 0 Å². The highest BCUT2D eigenvalue weighted by Crippen LogP contribution is 2.60. The van der Waals surface area contributed by atoms with Crippen molar-refractivity contribution in [1.29, 1.82) is 0 Å². The molecule has 2 atom stereocenters. The van der Waals surface area contributed by atoms with E-state index in [9.17, 15) is 0 Å². The fourth-order valence-corrected chi connectivity index (χ4v) is 7.83. The maximum Gasteiger partial charge on any atom is 0.128 e. The van der Waals surface area contributed by atoms with E-state index in [0.29, 0.717) is 0 Å². The second kappa shape index (κ2) is 6.33. The first-order valence-corrected chi connectivity index (χ1v) is 11.4. The largest absolute Gasteiger partial charge is 0.485 e. The van der Waals surface area contributed by atoms with Crippen molar-refractivity contribution >= 4 is 34.8 Å². The minimum absolute atomic E-state index is 0.191. The quantitative estimate of drug-likeness (QED) is 0.247. The Bertz CT molecular complexity index is 1150. The molecule has 1 aliphatic heterocycles. The van der Waals surface area contributed by atoms with Crippen molar-refractivity contribution in [3.05, 3.63) is 72.8 Å². The molecule has 0 radical (unpaired) electrons. The van der Waals surface area contributed by atoms with Gasteiger partial charge in [-0.25, -0.2) is 0 Å². The van der Waals surface area contributed by atoms with E-state index >= 15 is 0 Å². The van der Waals surface area contributed by atoms with Crippen LogP contribution in [0, 0.1) is 0 Å². The van der Waals surface area contributed by atoms with Crippen LogP contribution in [0.2, 0.25) is 0 Å². The monoisotopic (exact) mass is 384 g/mol. The molecule has 1 aliphatic rings. The van der Waals surface area contributed by atoms with Crippen LogP contribution in [-0.4, -0.2) is 11.0 Å². The summed E-state index contributed by atoms with van der Waals surface area (Å²) < 4.78 is 6.36. The summed E-state index contributed by atoms with van der Waals surface area (Å²) in [7, 11) is -0.441. The van der Waals surface area contributed by atoms with Crippen molar-refractivity contribution in [2.24, 2.45) is 0 Å². The number of ether oxygens (including phenoxy) is 1. The summed E-state index contributed by atoms with van der Waals surface area (Å²) in [6.07, 6.45) is 0. The molecular formula is C26H25OP. The molecule has 1 heterocycles. The third-order valence-corrected chi connectivity index (χ3v) is 8.89. The van der Waals surface area contributed by atoms with E-state index in [4.69, 9.17) is 4.74 Å². The molecule has 0 fully saturated rings. The van der Waals surface area contributed by atoms with E-state index in [2.05, 4.69) is 100 Å². The van der Waals surface area contributed by atoms with Crippen LogP contribution >= 0.6 is 7.92 Å². The number of hydrogen-bond donors (Lipinski definition) is 0. The van der Waals surface area contributed by atoms with E-state index in [1.807, 2.05) is 0 Å². The molecule has 0 saturated carbocycles. The average Bonchev–Trinajstić information content (AvgIpc) is 3.02. The average molecular weight is 384 g/mol. The summed E-state index contributed by atoms with van der Waals surface area (Å²) in [5.41, 5.74) is 2.69. The maximum absolute atomic E-state index is 6.36. The lowest BCUT2D eigenvalue weighted by Crippen LogP contribution is -2.22. The van der Waals surface area contributed by atoms with E-state index in [-0.39, 0.29) is 11.0 Å². The topological polar surface area (TPSA) is 9.23 Å². The molecule has 2 heteroatoms.